The molecule has 1 aromatic carbocycles. The lowest BCUT2D eigenvalue weighted by molar-refractivity contribution is 0.0732. The van der Waals surface area contributed by atoms with Gasteiger partial charge in [-0.15, -0.1) is 24.0 Å². The lowest BCUT2D eigenvalue weighted by Crippen LogP contribution is -2.50. The van der Waals surface area contributed by atoms with E-state index in [-0.39, 0.29) is 29.8 Å². The third-order valence-electron chi connectivity index (χ3n) is 6.39. The number of methoxy groups -OCH3 is 1. The summed E-state index contributed by atoms with van der Waals surface area (Å²) in [6.07, 6.45) is 4.99. The van der Waals surface area contributed by atoms with E-state index in [0.29, 0.717) is 5.41 Å². The molecule has 1 saturated carbocycles. The molecule has 1 aliphatic heterocycles. The number of hydrogen-bond donors (Lipinski definition) is 2. The highest BCUT2D eigenvalue weighted by Gasteiger charge is 2.36. The maximum absolute atomic E-state index is 13.1. The van der Waals surface area contributed by atoms with Crippen LogP contribution in [0.5, 0.6) is 0 Å². The quantitative estimate of drug-likeness (QED) is 0.291. The van der Waals surface area contributed by atoms with Crippen molar-refractivity contribution in [3.63, 3.8) is 0 Å². The highest BCUT2D eigenvalue weighted by atomic mass is 127. The van der Waals surface area contributed by atoms with Crippen LogP contribution in [0.4, 0.5) is 10.1 Å². The summed E-state index contributed by atoms with van der Waals surface area (Å²) in [5.74, 6) is 0.709. The summed E-state index contributed by atoms with van der Waals surface area (Å²) < 4.78 is 18.4. The third-order valence-corrected chi connectivity index (χ3v) is 6.39. The minimum atomic E-state index is -0.178. The van der Waals surface area contributed by atoms with Gasteiger partial charge in [-0.25, -0.2) is 4.39 Å². The molecule has 0 atom stereocenters. The molecule has 0 amide bonds. The van der Waals surface area contributed by atoms with Gasteiger partial charge >= 0.3 is 0 Å². The zero-order valence-corrected chi connectivity index (χ0v) is 20.7. The standard InChI is InChI=1S/C22H36FN5O.HI/c1-24-21(26-18-22(8-3-9-22)10-17-29-2)25-11-12-27-13-15-28(16-14-27)20-6-4-19(23)5-7-20;/h4-7H,3,8-18H2,1-2H3,(H2,24,25,26);1H. The van der Waals surface area contributed by atoms with Crippen molar-refractivity contribution < 1.29 is 9.13 Å². The lowest BCUT2D eigenvalue weighted by Gasteiger charge is -2.42. The van der Waals surface area contributed by atoms with E-state index in [1.54, 1.807) is 7.11 Å². The first-order chi connectivity index (χ1) is 14.1. The number of rotatable bonds is 9. The van der Waals surface area contributed by atoms with Gasteiger partial charge in [-0.1, -0.05) is 6.42 Å². The normalized spacial score (nSPS) is 19.0. The SMILES string of the molecule is CN=C(NCCN1CCN(c2ccc(F)cc2)CC1)NCC1(CCOC)CCC1.I. The van der Waals surface area contributed by atoms with Gasteiger partial charge in [0.2, 0.25) is 0 Å². The number of guanidine groups is 1. The van der Waals surface area contributed by atoms with Gasteiger partial charge in [-0.2, -0.15) is 0 Å². The number of anilines is 1. The molecule has 0 spiro atoms. The molecule has 2 aliphatic rings. The first kappa shape index (κ1) is 25.1. The van der Waals surface area contributed by atoms with Crippen LogP contribution >= 0.6 is 24.0 Å². The summed E-state index contributed by atoms with van der Waals surface area (Å²) in [5.41, 5.74) is 1.48. The Labute approximate surface area is 197 Å². The number of nitrogens with zero attached hydrogens (tertiary/aromatic N) is 3. The van der Waals surface area contributed by atoms with Crippen molar-refractivity contribution in [2.24, 2.45) is 10.4 Å². The summed E-state index contributed by atoms with van der Waals surface area (Å²) in [6.45, 7) is 7.65. The average molecular weight is 533 g/mol. The van der Waals surface area contributed by atoms with Crippen molar-refractivity contribution in [1.82, 2.24) is 15.5 Å². The fourth-order valence-electron chi connectivity index (χ4n) is 4.22. The van der Waals surface area contributed by atoms with Gasteiger partial charge in [-0.05, 0) is 48.9 Å². The number of hydrogen-bond acceptors (Lipinski definition) is 4. The second-order valence-electron chi connectivity index (χ2n) is 8.25. The average Bonchev–Trinajstić information content (AvgIpc) is 2.72. The molecule has 2 N–H and O–H groups in total. The van der Waals surface area contributed by atoms with Crippen molar-refractivity contribution in [2.45, 2.75) is 25.7 Å². The van der Waals surface area contributed by atoms with Crippen molar-refractivity contribution in [3.05, 3.63) is 30.1 Å². The maximum atomic E-state index is 13.1. The molecule has 8 heteroatoms. The van der Waals surface area contributed by atoms with E-state index < -0.39 is 0 Å². The number of nitrogens with one attached hydrogen (secondary N) is 2. The van der Waals surface area contributed by atoms with E-state index in [2.05, 4.69) is 25.4 Å². The molecule has 170 valence electrons. The van der Waals surface area contributed by atoms with Crippen molar-refractivity contribution >= 4 is 35.6 Å². The van der Waals surface area contributed by atoms with Crippen LogP contribution in [-0.2, 0) is 4.74 Å². The summed E-state index contributed by atoms with van der Waals surface area (Å²) >= 11 is 0. The third kappa shape index (κ3) is 7.23. The predicted octanol–water partition coefficient (Wildman–Crippen LogP) is 2.94. The first-order valence-electron chi connectivity index (χ1n) is 10.8. The smallest absolute Gasteiger partial charge is 0.191 e. The summed E-state index contributed by atoms with van der Waals surface area (Å²) in [5, 5.41) is 6.97. The highest BCUT2D eigenvalue weighted by molar-refractivity contribution is 14.0. The number of piperazine rings is 1. The Balaban J connectivity index is 0.00000320. The molecule has 0 radical (unpaired) electrons. The summed E-state index contributed by atoms with van der Waals surface area (Å²) in [7, 11) is 3.61. The zero-order chi connectivity index (χ0) is 20.5. The van der Waals surface area contributed by atoms with Crippen molar-refractivity contribution in [3.8, 4) is 0 Å². The molecule has 2 fully saturated rings. The minimum absolute atomic E-state index is 0. The van der Waals surface area contributed by atoms with Crippen LogP contribution in [0, 0.1) is 11.2 Å². The molecule has 30 heavy (non-hydrogen) atoms. The van der Waals surface area contributed by atoms with E-state index in [4.69, 9.17) is 4.74 Å². The highest BCUT2D eigenvalue weighted by Crippen LogP contribution is 2.43. The molecule has 1 aromatic rings. The summed E-state index contributed by atoms with van der Waals surface area (Å²) in [6, 6.07) is 6.80. The lowest BCUT2D eigenvalue weighted by atomic mass is 9.67. The molecule has 1 aliphatic carbocycles. The Kier molecular flexibility index (Phi) is 10.6. The Morgan fingerprint density at radius 2 is 1.83 bits per heavy atom. The summed E-state index contributed by atoms with van der Waals surface area (Å²) in [4.78, 5) is 9.16. The fourth-order valence-corrected chi connectivity index (χ4v) is 4.22. The predicted molar refractivity (Wildman–Crippen MR) is 133 cm³/mol. The molecule has 3 rings (SSSR count). The molecule has 1 saturated heterocycles. The topological polar surface area (TPSA) is 52.1 Å². The molecular weight excluding hydrogens is 496 g/mol. The molecule has 0 unspecified atom stereocenters. The van der Waals surface area contributed by atoms with Gasteiger partial charge in [0.25, 0.3) is 0 Å². The Bertz CT molecular complexity index is 645. The van der Waals surface area contributed by atoms with Crippen LogP contribution in [0.1, 0.15) is 25.7 Å². The van der Waals surface area contributed by atoms with Gasteiger partial charge in [0, 0.05) is 72.3 Å². The van der Waals surface area contributed by atoms with E-state index in [1.165, 1.54) is 31.4 Å². The van der Waals surface area contributed by atoms with E-state index in [0.717, 1.165) is 70.5 Å². The number of benzene rings is 1. The Morgan fingerprint density at radius 3 is 2.40 bits per heavy atom. The van der Waals surface area contributed by atoms with Crippen LogP contribution in [0.2, 0.25) is 0 Å². The number of ether oxygens (including phenoxy) is 1. The number of aliphatic imine (C=N–C) groups is 1. The van der Waals surface area contributed by atoms with Gasteiger partial charge < -0.3 is 20.3 Å². The van der Waals surface area contributed by atoms with Gasteiger partial charge in [0.05, 0.1) is 0 Å². The van der Waals surface area contributed by atoms with E-state index >= 15 is 0 Å². The van der Waals surface area contributed by atoms with Crippen molar-refractivity contribution in [2.75, 3.05) is 71.5 Å². The first-order valence-corrected chi connectivity index (χ1v) is 10.8. The second-order valence-corrected chi connectivity index (χ2v) is 8.25. The monoisotopic (exact) mass is 533 g/mol. The van der Waals surface area contributed by atoms with Crippen LogP contribution in [0.25, 0.3) is 0 Å². The van der Waals surface area contributed by atoms with Gasteiger partial charge in [0.15, 0.2) is 5.96 Å². The molecule has 6 nitrogen and oxygen atoms in total. The zero-order valence-electron chi connectivity index (χ0n) is 18.3. The number of halogens is 2. The van der Waals surface area contributed by atoms with Crippen LogP contribution in [-0.4, -0.2) is 77.4 Å². The second kappa shape index (κ2) is 12.7. The maximum Gasteiger partial charge on any atom is 0.191 e. The van der Waals surface area contributed by atoms with Crippen LogP contribution < -0.4 is 15.5 Å². The Morgan fingerprint density at radius 1 is 1.13 bits per heavy atom. The van der Waals surface area contributed by atoms with Gasteiger partial charge in [-0.3, -0.25) is 9.89 Å². The molecular formula is C22H37FIN5O. The molecule has 1 heterocycles. The molecule has 0 aromatic heterocycles. The minimum Gasteiger partial charge on any atom is -0.385 e. The fraction of sp³-hybridized carbons (Fsp3) is 0.682. The van der Waals surface area contributed by atoms with E-state index in [1.807, 2.05) is 19.2 Å². The largest absolute Gasteiger partial charge is 0.385 e. The van der Waals surface area contributed by atoms with Gasteiger partial charge in [0.1, 0.15) is 5.82 Å². The van der Waals surface area contributed by atoms with Crippen LogP contribution in [0.15, 0.2) is 29.3 Å². The van der Waals surface area contributed by atoms with Crippen molar-refractivity contribution in [1.29, 1.82) is 0 Å². The molecule has 0 bridgehead atoms. The Hall–Kier alpha value is -1.13. The van der Waals surface area contributed by atoms with E-state index in [9.17, 15) is 4.39 Å². The van der Waals surface area contributed by atoms with Crippen LogP contribution in [0.3, 0.4) is 0 Å².